The number of allylic oxidation sites excluding steroid dienone is 1. The molecule has 0 bridgehead atoms. The molecule has 0 radical (unpaired) electrons. The molecule has 156 valence electrons. The summed E-state index contributed by atoms with van der Waals surface area (Å²) in [5.41, 5.74) is 7.16. The van der Waals surface area contributed by atoms with Crippen molar-refractivity contribution in [2.75, 3.05) is 0 Å². The number of rotatable bonds is 7. The van der Waals surface area contributed by atoms with Gasteiger partial charge in [-0.1, -0.05) is 67.1 Å². The molecule has 0 aliphatic carbocycles. The number of carbonyl (C=O) groups excluding carboxylic acids is 1. The van der Waals surface area contributed by atoms with Crippen molar-refractivity contribution in [3.8, 4) is 17.2 Å². The van der Waals surface area contributed by atoms with Crippen LogP contribution in [0.4, 0.5) is 4.39 Å². The van der Waals surface area contributed by atoms with Crippen LogP contribution in [-0.4, -0.2) is 5.78 Å². The van der Waals surface area contributed by atoms with Gasteiger partial charge in [-0.2, -0.15) is 5.26 Å². The van der Waals surface area contributed by atoms with Crippen LogP contribution in [0.2, 0.25) is 0 Å². The normalized spacial score (nSPS) is 11.3. The standard InChI is InChI=1S/C28H26FNO/c1-4-6-28(31)22-11-9-21(10-12-22)15-19(2)16-23-7-5-8-26(20(23)3)24-13-14-27(29)25(17-24)18-30/h5,7-14,16-17H,4,6,15H2,1-3H3/b19-16+. The minimum atomic E-state index is -0.502. The molecule has 3 rings (SSSR count). The molecule has 0 unspecified atom stereocenters. The molecule has 31 heavy (non-hydrogen) atoms. The first-order valence-electron chi connectivity index (χ1n) is 10.5. The van der Waals surface area contributed by atoms with E-state index < -0.39 is 5.82 Å². The second kappa shape index (κ2) is 10.00. The number of benzene rings is 3. The highest BCUT2D eigenvalue weighted by Crippen LogP contribution is 2.28. The maximum absolute atomic E-state index is 13.7. The fraction of sp³-hybridized carbons (Fsp3) is 0.214. The lowest BCUT2D eigenvalue weighted by molar-refractivity contribution is 0.0981. The number of hydrogen-bond donors (Lipinski definition) is 0. The van der Waals surface area contributed by atoms with Crippen LogP contribution in [0, 0.1) is 24.1 Å². The Morgan fingerprint density at radius 2 is 1.84 bits per heavy atom. The van der Waals surface area contributed by atoms with Crippen LogP contribution < -0.4 is 0 Å². The molecule has 0 spiro atoms. The number of nitrogens with zero attached hydrogens (tertiary/aromatic N) is 1. The largest absolute Gasteiger partial charge is 0.294 e. The van der Waals surface area contributed by atoms with Gasteiger partial charge in [-0.05, 0) is 66.6 Å². The van der Waals surface area contributed by atoms with E-state index >= 15 is 0 Å². The first-order chi connectivity index (χ1) is 14.9. The van der Waals surface area contributed by atoms with Crippen LogP contribution in [0.1, 0.15) is 59.3 Å². The highest BCUT2D eigenvalue weighted by Gasteiger charge is 2.09. The monoisotopic (exact) mass is 411 g/mol. The average molecular weight is 412 g/mol. The lowest BCUT2D eigenvalue weighted by atomic mass is 9.93. The molecule has 0 fully saturated rings. The summed E-state index contributed by atoms with van der Waals surface area (Å²) in [5, 5.41) is 9.13. The SMILES string of the molecule is CCCC(=O)c1ccc(C/C(C)=C/c2cccc(-c3ccc(F)c(C#N)c3)c2C)cc1. The highest BCUT2D eigenvalue weighted by atomic mass is 19.1. The fourth-order valence-corrected chi connectivity index (χ4v) is 3.72. The van der Waals surface area contributed by atoms with Gasteiger partial charge in [0.15, 0.2) is 5.78 Å². The Morgan fingerprint density at radius 1 is 1.10 bits per heavy atom. The number of Topliss-reactive ketones (excluding diaryl/α,β-unsaturated/α-hetero) is 1. The zero-order chi connectivity index (χ0) is 22.4. The third kappa shape index (κ3) is 5.35. The maximum Gasteiger partial charge on any atom is 0.162 e. The van der Waals surface area contributed by atoms with Gasteiger partial charge in [-0.3, -0.25) is 4.79 Å². The zero-order valence-electron chi connectivity index (χ0n) is 18.2. The van der Waals surface area contributed by atoms with Gasteiger partial charge in [0.05, 0.1) is 5.56 Å². The minimum absolute atomic E-state index is 0.0508. The quantitative estimate of drug-likeness (QED) is 0.383. The van der Waals surface area contributed by atoms with Crippen molar-refractivity contribution in [2.24, 2.45) is 0 Å². The van der Waals surface area contributed by atoms with E-state index in [0.29, 0.717) is 6.42 Å². The first-order valence-corrected chi connectivity index (χ1v) is 10.5. The lowest BCUT2D eigenvalue weighted by Crippen LogP contribution is -1.98. The van der Waals surface area contributed by atoms with Crippen LogP contribution in [0.25, 0.3) is 17.2 Å². The van der Waals surface area contributed by atoms with Crippen molar-refractivity contribution in [1.82, 2.24) is 0 Å². The average Bonchev–Trinajstić information content (AvgIpc) is 2.76. The van der Waals surface area contributed by atoms with Gasteiger partial charge in [0.1, 0.15) is 11.9 Å². The molecule has 0 aliphatic heterocycles. The van der Waals surface area contributed by atoms with Gasteiger partial charge in [0, 0.05) is 12.0 Å². The van der Waals surface area contributed by atoms with E-state index in [4.69, 9.17) is 5.26 Å². The molecule has 0 saturated heterocycles. The Kier molecular flexibility index (Phi) is 7.15. The Balaban J connectivity index is 1.83. The molecule has 0 saturated carbocycles. The topological polar surface area (TPSA) is 40.9 Å². The molecule has 0 heterocycles. The molecule has 0 N–H and O–H groups in total. The molecule has 3 aromatic carbocycles. The summed E-state index contributed by atoms with van der Waals surface area (Å²) in [6.07, 6.45) is 4.39. The molecular weight excluding hydrogens is 385 g/mol. The van der Waals surface area contributed by atoms with Crippen LogP contribution in [0.5, 0.6) is 0 Å². The van der Waals surface area contributed by atoms with Gasteiger partial charge < -0.3 is 0 Å². The molecule has 3 aromatic rings. The van der Waals surface area contributed by atoms with Crippen molar-refractivity contribution >= 4 is 11.9 Å². The van der Waals surface area contributed by atoms with Crippen molar-refractivity contribution in [2.45, 2.75) is 40.0 Å². The molecular formula is C28H26FNO. The number of hydrogen-bond acceptors (Lipinski definition) is 2. The number of halogens is 1. The predicted molar refractivity (Wildman–Crippen MR) is 124 cm³/mol. The zero-order valence-corrected chi connectivity index (χ0v) is 18.2. The third-order valence-electron chi connectivity index (χ3n) is 5.41. The minimum Gasteiger partial charge on any atom is -0.294 e. The number of ketones is 1. The second-order valence-electron chi connectivity index (χ2n) is 7.86. The van der Waals surface area contributed by atoms with Gasteiger partial charge in [0.2, 0.25) is 0 Å². The second-order valence-corrected chi connectivity index (χ2v) is 7.86. The summed E-state index contributed by atoms with van der Waals surface area (Å²) in [7, 11) is 0. The summed E-state index contributed by atoms with van der Waals surface area (Å²) < 4.78 is 13.7. The van der Waals surface area contributed by atoms with Crippen LogP contribution in [-0.2, 0) is 6.42 Å². The van der Waals surface area contributed by atoms with E-state index in [-0.39, 0.29) is 11.3 Å². The summed E-state index contributed by atoms with van der Waals surface area (Å²) in [6.45, 7) is 6.14. The smallest absolute Gasteiger partial charge is 0.162 e. The van der Waals surface area contributed by atoms with Crippen molar-refractivity contribution < 1.29 is 9.18 Å². The molecule has 0 aliphatic rings. The molecule has 3 heteroatoms. The highest BCUT2D eigenvalue weighted by molar-refractivity contribution is 5.96. The molecule has 0 atom stereocenters. The first kappa shape index (κ1) is 22.2. The van der Waals surface area contributed by atoms with E-state index in [1.165, 1.54) is 11.6 Å². The number of carbonyl (C=O) groups is 1. The van der Waals surface area contributed by atoms with E-state index in [0.717, 1.165) is 46.2 Å². The maximum atomic E-state index is 13.7. The van der Waals surface area contributed by atoms with Crippen molar-refractivity contribution in [3.63, 3.8) is 0 Å². The molecule has 0 amide bonds. The van der Waals surface area contributed by atoms with Crippen molar-refractivity contribution in [3.05, 3.63) is 99.9 Å². The summed E-state index contributed by atoms with van der Waals surface area (Å²) in [5.74, 6) is -0.313. The Hall–Kier alpha value is -3.51. The Labute approximate surface area is 183 Å². The van der Waals surface area contributed by atoms with Gasteiger partial charge in [-0.15, -0.1) is 0 Å². The van der Waals surface area contributed by atoms with Gasteiger partial charge in [-0.25, -0.2) is 4.39 Å². The Bertz CT molecular complexity index is 1170. The van der Waals surface area contributed by atoms with E-state index in [9.17, 15) is 9.18 Å². The van der Waals surface area contributed by atoms with E-state index in [1.54, 1.807) is 12.1 Å². The molecule has 0 aromatic heterocycles. The summed E-state index contributed by atoms with van der Waals surface area (Å²) in [6, 6.07) is 20.4. The van der Waals surface area contributed by atoms with E-state index in [2.05, 4.69) is 19.1 Å². The van der Waals surface area contributed by atoms with Crippen LogP contribution in [0.3, 0.4) is 0 Å². The van der Waals surface area contributed by atoms with Gasteiger partial charge in [0.25, 0.3) is 0 Å². The third-order valence-corrected chi connectivity index (χ3v) is 5.41. The van der Waals surface area contributed by atoms with Gasteiger partial charge >= 0.3 is 0 Å². The fourth-order valence-electron chi connectivity index (χ4n) is 3.72. The van der Waals surface area contributed by atoms with E-state index in [1.807, 2.05) is 56.3 Å². The van der Waals surface area contributed by atoms with Crippen LogP contribution >= 0.6 is 0 Å². The summed E-state index contributed by atoms with van der Waals surface area (Å²) in [4.78, 5) is 12.0. The number of nitriles is 1. The van der Waals surface area contributed by atoms with Crippen LogP contribution in [0.15, 0.2) is 66.2 Å². The predicted octanol–water partition coefficient (Wildman–Crippen LogP) is 7.30. The Morgan fingerprint density at radius 3 is 2.52 bits per heavy atom. The lowest BCUT2D eigenvalue weighted by Gasteiger charge is -2.11. The summed E-state index contributed by atoms with van der Waals surface area (Å²) >= 11 is 0. The van der Waals surface area contributed by atoms with Crippen molar-refractivity contribution in [1.29, 1.82) is 5.26 Å². The molecule has 2 nitrogen and oxygen atoms in total.